The van der Waals surface area contributed by atoms with Crippen molar-refractivity contribution in [2.24, 2.45) is 0 Å². The zero-order valence-corrected chi connectivity index (χ0v) is 14.3. The van der Waals surface area contributed by atoms with Gasteiger partial charge in [0.25, 0.3) is 0 Å². The Labute approximate surface area is 149 Å². The number of hydrogen-bond acceptors (Lipinski definition) is 6. The van der Waals surface area contributed by atoms with Crippen LogP contribution >= 0.6 is 0 Å². The molecule has 26 heavy (non-hydrogen) atoms. The molecule has 0 aliphatic carbocycles. The first-order valence-electron chi connectivity index (χ1n) is 7.96. The molecule has 130 valence electrons. The minimum atomic E-state index is 0.0810. The number of para-hydroxylation sites is 1. The van der Waals surface area contributed by atoms with Gasteiger partial charge in [-0.2, -0.15) is 0 Å². The fourth-order valence-electron chi connectivity index (χ4n) is 2.73. The van der Waals surface area contributed by atoms with Gasteiger partial charge in [0, 0.05) is 10.9 Å². The van der Waals surface area contributed by atoms with Crippen LogP contribution in [0.25, 0.3) is 22.0 Å². The fourth-order valence-corrected chi connectivity index (χ4v) is 2.73. The third kappa shape index (κ3) is 2.90. The number of benzene rings is 2. The summed E-state index contributed by atoms with van der Waals surface area (Å²) < 4.78 is 16.1. The molecule has 0 saturated heterocycles. The summed E-state index contributed by atoms with van der Waals surface area (Å²) in [6.07, 6.45) is 0. The summed E-state index contributed by atoms with van der Waals surface area (Å²) in [6, 6.07) is 18.3. The van der Waals surface area contributed by atoms with E-state index >= 15 is 0 Å². The van der Waals surface area contributed by atoms with Crippen LogP contribution in [0.2, 0.25) is 0 Å². The van der Waals surface area contributed by atoms with Crippen LogP contribution in [-0.2, 0) is 0 Å². The van der Waals surface area contributed by atoms with Crippen molar-refractivity contribution < 1.29 is 14.2 Å². The predicted molar refractivity (Wildman–Crippen MR) is 96.7 cm³/mol. The van der Waals surface area contributed by atoms with Crippen molar-refractivity contribution in [3.63, 3.8) is 0 Å². The van der Waals surface area contributed by atoms with Crippen LogP contribution in [0, 0.1) is 0 Å². The molecule has 2 heterocycles. The molecule has 2 aromatic heterocycles. The zero-order valence-electron chi connectivity index (χ0n) is 14.3. The van der Waals surface area contributed by atoms with Crippen molar-refractivity contribution in [3.05, 3.63) is 54.6 Å². The quantitative estimate of drug-likeness (QED) is 0.590. The van der Waals surface area contributed by atoms with Gasteiger partial charge in [-0.25, -0.2) is 0 Å². The minimum Gasteiger partial charge on any atom is -0.467 e. The summed E-state index contributed by atoms with van der Waals surface area (Å²) in [4.78, 5) is 15.5. The second-order valence-corrected chi connectivity index (χ2v) is 5.43. The van der Waals surface area contributed by atoms with Gasteiger partial charge in [0.1, 0.15) is 0 Å². The maximum absolute atomic E-state index is 5.96. The SMILES string of the molecule is COc1nc(OC)nc(Oc2[nH]c3ccccc3c2-c2ccccc2)n1. The molecule has 0 saturated carbocycles. The third-order valence-corrected chi connectivity index (χ3v) is 3.87. The maximum atomic E-state index is 5.96. The molecular weight excluding hydrogens is 332 g/mol. The van der Waals surface area contributed by atoms with E-state index < -0.39 is 0 Å². The van der Waals surface area contributed by atoms with Crippen LogP contribution < -0.4 is 14.2 Å². The summed E-state index contributed by atoms with van der Waals surface area (Å²) in [5.74, 6) is 0.535. The molecule has 0 aliphatic heterocycles. The molecule has 0 spiro atoms. The smallest absolute Gasteiger partial charge is 0.332 e. The number of aromatic amines is 1. The average molecular weight is 348 g/mol. The Hall–Kier alpha value is -3.61. The molecule has 0 fully saturated rings. The minimum absolute atomic E-state index is 0.0810. The molecule has 4 aromatic rings. The van der Waals surface area contributed by atoms with Crippen LogP contribution in [0.1, 0.15) is 0 Å². The van der Waals surface area contributed by atoms with Gasteiger partial charge in [-0.3, -0.25) is 0 Å². The molecule has 0 atom stereocenters. The monoisotopic (exact) mass is 348 g/mol. The lowest BCUT2D eigenvalue weighted by Gasteiger charge is -2.07. The number of rotatable bonds is 5. The Morgan fingerprint density at radius 3 is 2.04 bits per heavy atom. The average Bonchev–Trinajstić information content (AvgIpc) is 3.06. The standard InChI is InChI=1S/C19H16N4O3/c1-24-17-21-18(25-2)23-19(22-17)26-16-15(12-8-4-3-5-9-12)13-10-6-7-11-14(13)20-16/h3-11,20H,1-2H3. The van der Waals surface area contributed by atoms with Crippen molar-refractivity contribution in [2.45, 2.75) is 0 Å². The van der Waals surface area contributed by atoms with Crippen molar-refractivity contribution >= 4 is 10.9 Å². The Balaban J connectivity index is 1.85. The number of methoxy groups -OCH3 is 2. The van der Waals surface area contributed by atoms with Gasteiger partial charge < -0.3 is 19.2 Å². The first kappa shape index (κ1) is 15.9. The summed E-state index contributed by atoms with van der Waals surface area (Å²) >= 11 is 0. The van der Waals surface area contributed by atoms with Gasteiger partial charge >= 0.3 is 18.0 Å². The lowest BCUT2D eigenvalue weighted by atomic mass is 10.0. The Bertz CT molecular complexity index is 1030. The number of H-pyrrole nitrogens is 1. The van der Waals surface area contributed by atoms with Gasteiger partial charge in [-0.05, 0) is 11.6 Å². The molecule has 7 heteroatoms. The van der Waals surface area contributed by atoms with Crippen LogP contribution in [0.5, 0.6) is 23.9 Å². The van der Waals surface area contributed by atoms with Gasteiger partial charge in [-0.15, -0.1) is 15.0 Å². The zero-order chi connectivity index (χ0) is 17.9. The van der Waals surface area contributed by atoms with Gasteiger partial charge in [0.15, 0.2) is 0 Å². The number of hydrogen-bond donors (Lipinski definition) is 1. The Kier molecular flexibility index (Phi) is 4.10. The Morgan fingerprint density at radius 1 is 0.731 bits per heavy atom. The Morgan fingerprint density at radius 2 is 1.35 bits per heavy atom. The molecule has 1 N–H and O–H groups in total. The highest BCUT2D eigenvalue weighted by Gasteiger charge is 2.17. The van der Waals surface area contributed by atoms with Crippen LogP contribution in [0.15, 0.2) is 54.6 Å². The largest absolute Gasteiger partial charge is 0.467 e. The molecule has 0 radical (unpaired) electrons. The lowest BCUT2D eigenvalue weighted by molar-refractivity contribution is 0.319. The molecule has 0 amide bonds. The number of nitrogens with one attached hydrogen (secondary N) is 1. The highest BCUT2D eigenvalue weighted by Crippen LogP contribution is 2.38. The number of ether oxygens (including phenoxy) is 3. The van der Waals surface area contributed by atoms with E-state index in [9.17, 15) is 0 Å². The number of fused-ring (bicyclic) bond motifs is 1. The number of nitrogens with zero attached hydrogens (tertiary/aromatic N) is 3. The molecule has 7 nitrogen and oxygen atoms in total. The normalized spacial score (nSPS) is 10.7. The summed E-state index contributed by atoms with van der Waals surface area (Å²) in [5.41, 5.74) is 2.90. The first-order chi connectivity index (χ1) is 12.8. The third-order valence-electron chi connectivity index (χ3n) is 3.87. The van der Waals surface area contributed by atoms with E-state index in [1.165, 1.54) is 14.2 Å². The van der Waals surface area contributed by atoms with E-state index in [-0.39, 0.29) is 18.0 Å². The van der Waals surface area contributed by atoms with Crippen LogP contribution in [-0.4, -0.2) is 34.2 Å². The lowest BCUT2D eigenvalue weighted by Crippen LogP contribution is -2.01. The van der Waals surface area contributed by atoms with Crippen molar-refractivity contribution in [3.8, 4) is 35.0 Å². The van der Waals surface area contributed by atoms with Crippen molar-refractivity contribution in [1.29, 1.82) is 0 Å². The van der Waals surface area contributed by atoms with Gasteiger partial charge in [0.05, 0.1) is 19.8 Å². The summed E-state index contributed by atoms with van der Waals surface area (Å²) in [6.45, 7) is 0. The van der Waals surface area contributed by atoms with E-state index in [4.69, 9.17) is 14.2 Å². The highest BCUT2D eigenvalue weighted by atomic mass is 16.5. The summed E-state index contributed by atoms with van der Waals surface area (Å²) in [7, 11) is 2.94. The predicted octanol–water partition coefficient (Wildman–Crippen LogP) is 3.83. The molecule has 2 aromatic carbocycles. The van der Waals surface area contributed by atoms with Crippen molar-refractivity contribution in [1.82, 2.24) is 19.9 Å². The molecule has 0 aliphatic rings. The number of aromatic nitrogens is 4. The molecule has 0 bridgehead atoms. The van der Waals surface area contributed by atoms with Gasteiger partial charge in [-0.1, -0.05) is 48.5 Å². The molecular formula is C19H16N4O3. The molecule has 0 unspecified atom stereocenters. The fraction of sp³-hybridized carbons (Fsp3) is 0.105. The van der Waals surface area contributed by atoms with Crippen LogP contribution in [0.3, 0.4) is 0 Å². The van der Waals surface area contributed by atoms with Crippen LogP contribution in [0.4, 0.5) is 0 Å². The second-order valence-electron chi connectivity index (χ2n) is 5.43. The summed E-state index contributed by atoms with van der Waals surface area (Å²) in [5, 5.41) is 1.04. The van der Waals surface area contributed by atoms with E-state index in [2.05, 4.69) is 19.9 Å². The maximum Gasteiger partial charge on any atom is 0.332 e. The topological polar surface area (TPSA) is 82.1 Å². The van der Waals surface area contributed by atoms with E-state index in [1.807, 2.05) is 54.6 Å². The molecule has 4 rings (SSSR count). The van der Waals surface area contributed by atoms with E-state index in [0.29, 0.717) is 5.88 Å². The second kappa shape index (κ2) is 6.72. The van der Waals surface area contributed by atoms with Crippen molar-refractivity contribution in [2.75, 3.05) is 14.2 Å². The van der Waals surface area contributed by atoms with E-state index in [0.717, 1.165) is 22.0 Å². The van der Waals surface area contributed by atoms with E-state index in [1.54, 1.807) is 0 Å². The first-order valence-corrected chi connectivity index (χ1v) is 7.96. The highest BCUT2D eigenvalue weighted by molar-refractivity contribution is 5.99. The van der Waals surface area contributed by atoms with Gasteiger partial charge in [0.2, 0.25) is 5.88 Å².